The van der Waals surface area contributed by atoms with Crippen LogP contribution in [0, 0.1) is 0 Å². The van der Waals surface area contributed by atoms with Gasteiger partial charge in [0.1, 0.15) is 17.9 Å². The molecule has 1 aromatic rings. The fraction of sp³-hybridized carbons (Fsp3) is 0.462. The summed E-state index contributed by atoms with van der Waals surface area (Å²) in [5.74, 6) is -0.0283. The lowest BCUT2D eigenvalue weighted by molar-refractivity contribution is -0.148. The van der Waals surface area contributed by atoms with Crippen LogP contribution in [0.1, 0.15) is 19.3 Å². The smallest absolute Gasteiger partial charge is 0.323 e. The van der Waals surface area contributed by atoms with E-state index < -0.39 is 11.5 Å². The molecule has 0 spiro atoms. The molecule has 0 aliphatic heterocycles. The Labute approximate surface area is 111 Å². The number of hydrogen-bond donors (Lipinski definition) is 2. The molecule has 5 heteroatoms. The second-order valence-corrected chi connectivity index (χ2v) is 4.91. The quantitative estimate of drug-likeness (QED) is 0.778. The average Bonchev–Trinajstić information content (AvgIpc) is 2.29. The lowest BCUT2D eigenvalue weighted by Gasteiger charge is -2.38. The summed E-state index contributed by atoms with van der Waals surface area (Å²) in [6.45, 7) is 0.964. The molecule has 1 aliphatic rings. The van der Waals surface area contributed by atoms with Crippen LogP contribution in [0.25, 0.3) is 0 Å². The average molecular weight is 270 g/mol. The Morgan fingerprint density at radius 2 is 2.06 bits per heavy atom. The van der Waals surface area contributed by atoms with Gasteiger partial charge in [-0.2, -0.15) is 0 Å². The van der Waals surface area contributed by atoms with Crippen molar-refractivity contribution in [1.29, 1.82) is 0 Å². The summed E-state index contributed by atoms with van der Waals surface area (Å²) < 4.78 is 5.49. The molecule has 0 unspecified atom stereocenters. The normalized spacial score (nSPS) is 16.9. The highest BCUT2D eigenvalue weighted by Crippen LogP contribution is 2.31. The van der Waals surface area contributed by atoms with Crippen molar-refractivity contribution in [3.05, 3.63) is 29.3 Å². The first-order chi connectivity index (χ1) is 8.62. The van der Waals surface area contributed by atoms with E-state index in [4.69, 9.17) is 21.4 Å². The van der Waals surface area contributed by atoms with Crippen molar-refractivity contribution in [2.75, 3.05) is 13.2 Å². The third kappa shape index (κ3) is 2.94. The van der Waals surface area contributed by atoms with Crippen LogP contribution in [0.5, 0.6) is 5.75 Å². The topological polar surface area (TPSA) is 58.6 Å². The third-order valence-corrected chi connectivity index (χ3v) is 3.52. The maximum Gasteiger partial charge on any atom is 0.323 e. The first kappa shape index (κ1) is 13.2. The van der Waals surface area contributed by atoms with Crippen molar-refractivity contribution in [1.82, 2.24) is 5.32 Å². The van der Waals surface area contributed by atoms with Crippen LogP contribution in [-0.4, -0.2) is 29.8 Å². The summed E-state index contributed by atoms with van der Waals surface area (Å²) in [6.07, 6.45) is 2.36. The highest BCUT2D eigenvalue weighted by Gasteiger charge is 2.43. The van der Waals surface area contributed by atoms with E-state index >= 15 is 0 Å². The predicted molar refractivity (Wildman–Crippen MR) is 69.2 cm³/mol. The molecule has 0 heterocycles. The van der Waals surface area contributed by atoms with Gasteiger partial charge in [-0.1, -0.05) is 11.6 Å². The Bertz CT molecular complexity index is 415. The first-order valence-electron chi connectivity index (χ1n) is 5.99. The Balaban J connectivity index is 1.73. The minimum Gasteiger partial charge on any atom is -0.492 e. The number of rotatable bonds is 6. The Kier molecular flexibility index (Phi) is 4.09. The van der Waals surface area contributed by atoms with Gasteiger partial charge in [0.2, 0.25) is 0 Å². The number of hydrogen-bond acceptors (Lipinski definition) is 3. The van der Waals surface area contributed by atoms with Crippen LogP contribution < -0.4 is 10.1 Å². The van der Waals surface area contributed by atoms with Gasteiger partial charge in [-0.15, -0.1) is 0 Å². The molecule has 0 radical (unpaired) electrons. The van der Waals surface area contributed by atoms with Crippen molar-refractivity contribution >= 4 is 17.6 Å². The maximum absolute atomic E-state index is 11.1. The van der Waals surface area contributed by atoms with Gasteiger partial charge in [-0.25, -0.2) is 0 Å². The van der Waals surface area contributed by atoms with E-state index in [9.17, 15) is 4.79 Å². The van der Waals surface area contributed by atoms with Gasteiger partial charge < -0.3 is 9.84 Å². The zero-order chi connectivity index (χ0) is 13.0. The molecule has 0 saturated heterocycles. The molecule has 1 aliphatic carbocycles. The van der Waals surface area contributed by atoms with E-state index in [-0.39, 0.29) is 0 Å². The van der Waals surface area contributed by atoms with Crippen LogP contribution in [0.4, 0.5) is 0 Å². The van der Waals surface area contributed by atoms with Gasteiger partial charge in [0.25, 0.3) is 0 Å². The molecule has 2 N–H and O–H groups in total. The molecule has 1 aromatic carbocycles. The summed E-state index contributed by atoms with van der Waals surface area (Å²) >= 11 is 5.76. The van der Waals surface area contributed by atoms with Crippen LogP contribution in [0.15, 0.2) is 24.3 Å². The zero-order valence-electron chi connectivity index (χ0n) is 9.99. The SMILES string of the molecule is O=C(O)C1(NCCOc2ccc(Cl)cc2)CCC1. The lowest BCUT2D eigenvalue weighted by Crippen LogP contribution is -2.57. The van der Waals surface area contributed by atoms with Gasteiger partial charge in [-0.3, -0.25) is 10.1 Å². The van der Waals surface area contributed by atoms with E-state index in [2.05, 4.69) is 5.32 Å². The number of carboxylic acid groups (broad SMARTS) is 1. The van der Waals surface area contributed by atoms with E-state index in [1.54, 1.807) is 24.3 Å². The Morgan fingerprint density at radius 3 is 2.56 bits per heavy atom. The molecule has 0 amide bonds. The lowest BCUT2D eigenvalue weighted by atomic mass is 9.77. The van der Waals surface area contributed by atoms with Crippen molar-refractivity contribution in [3.63, 3.8) is 0 Å². The number of carbonyl (C=O) groups is 1. The summed E-state index contributed by atoms with van der Waals surface area (Å²) in [5, 5.41) is 12.8. The minimum absolute atomic E-state index is 0.441. The highest BCUT2D eigenvalue weighted by molar-refractivity contribution is 6.30. The fourth-order valence-electron chi connectivity index (χ4n) is 1.99. The molecule has 98 valence electrons. The van der Waals surface area contributed by atoms with Crippen LogP contribution in [0.2, 0.25) is 5.02 Å². The van der Waals surface area contributed by atoms with E-state index in [1.165, 1.54) is 0 Å². The second kappa shape index (κ2) is 5.59. The second-order valence-electron chi connectivity index (χ2n) is 4.47. The number of halogens is 1. The summed E-state index contributed by atoms with van der Waals surface area (Å²) in [6, 6.07) is 7.10. The van der Waals surface area contributed by atoms with E-state index in [1.807, 2.05) is 0 Å². The number of aliphatic carboxylic acids is 1. The van der Waals surface area contributed by atoms with Crippen molar-refractivity contribution in [2.45, 2.75) is 24.8 Å². The maximum atomic E-state index is 11.1. The van der Waals surface area contributed by atoms with Crippen LogP contribution in [0.3, 0.4) is 0 Å². The Morgan fingerprint density at radius 1 is 1.39 bits per heavy atom. The van der Waals surface area contributed by atoms with Gasteiger partial charge in [-0.05, 0) is 43.5 Å². The molecular formula is C13H16ClNO3. The minimum atomic E-state index is -0.764. The van der Waals surface area contributed by atoms with Gasteiger partial charge in [0.15, 0.2) is 0 Å². The third-order valence-electron chi connectivity index (χ3n) is 3.26. The molecule has 0 aromatic heterocycles. The van der Waals surface area contributed by atoms with E-state index in [0.717, 1.165) is 12.2 Å². The largest absolute Gasteiger partial charge is 0.492 e. The van der Waals surface area contributed by atoms with Crippen LogP contribution in [-0.2, 0) is 4.79 Å². The summed E-state index contributed by atoms with van der Waals surface area (Å²) in [7, 11) is 0. The zero-order valence-corrected chi connectivity index (χ0v) is 10.7. The van der Waals surface area contributed by atoms with E-state index in [0.29, 0.717) is 31.0 Å². The van der Waals surface area contributed by atoms with Gasteiger partial charge >= 0.3 is 5.97 Å². The van der Waals surface area contributed by atoms with Crippen molar-refractivity contribution < 1.29 is 14.6 Å². The fourth-order valence-corrected chi connectivity index (χ4v) is 2.11. The molecule has 2 rings (SSSR count). The van der Waals surface area contributed by atoms with Crippen LogP contribution >= 0.6 is 11.6 Å². The highest BCUT2D eigenvalue weighted by atomic mass is 35.5. The van der Waals surface area contributed by atoms with Crippen molar-refractivity contribution in [2.24, 2.45) is 0 Å². The molecular weight excluding hydrogens is 254 g/mol. The number of nitrogens with one attached hydrogen (secondary N) is 1. The first-order valence-corrected chi connectivity index (χ1v) is 6.37. The number of benzene rings is 1. The summed E-state index contributed by atoms with van der Waals surface area (Å²) in [5.41, 5.74) is -0.719. The number of ether oxygens (including phenoxy) is 1. The molecule has 18 heavy (non-hydrogen) atoms. The molecule has 4 nitrogen and oxygen atoms in total. The van der Waals surface area contributed by atoms with Gasteiger partial charge in [0.05, 0.1) is 0 Å². The summed E-state index contributed by atoms with van der Waals surface area (Å²) in [4.78, 5) is 11.1. The van der Waals surface area contributed by atoms with Gasteiger partial charge in [0, 0.05) is 11.6 Å². The molecule has 0 atom stereocenters. The predicted octanol–water partition coefficient (Wildman–Crippen LogP) is 2.32. The standard InChI is InChI=1S/C13H16ClNO3/c14-10-2-4-11(5-3-10)18-9-8-15-13(12(16)17)6-1-7-13/h2-5,15H,1,6-9H2,(H,16,17). The Hall–Kier alpha value is -1.26. The molecule has 0 bridgehead atoms. The molecule has 1 saturated carbocycles. The molecule has 1 fully saturated rings. The number of carboxylic acids is 1. The monoisotopic (exact) mass is 269 g/mol. The van der Waals surface area contributed by atoms with Crippen molar-refractivity contribution in [3.8, 4) is 5.75 Å².